The predicted molar refractivity (Wildman–Crippen MR) is 61.5 cm³/mol. The first-order chi connectivity index (χ1) is 7.17. The minimum Gasteiger partial charge on any atom is -0.394 e. The molecule has 15 heavy (non-hydrogen) atoms. The molecule has 0 bridgehead atoms. The van der Waals surface area contributed by atoms with E-state index in [0.717, 1.165) is 12.8 Å². The van der Waals surface area contributed by atoms with Gasteiger partial charge in [-0.2, -0.15) is 0 Å². The molecule has 6 heteroatoms. The summed E-state index contributed by atoms with van der Waals surface area (Å²) in [6.07, 6.45) is 3.84. The van der Waals surface area contributed by atoms with Crippen LogP contribution in [0.3, 0.4) is 0 Å². The number of nitrogens with one attached hydrogen (secondary N) is 1. The predicted octanol–water partition coefficient (Wildman–Crippen LogP) is 1.79. The Balaban J connectivity index is 2.17. The van der Waals surface area contributed by atoms with Crippen LogP contribution in [-0.4, -0.2) is 33.5 Å². The number of aromatic nitrogens is 2. The number of hydrogen-bond acceptors (Lipinski definition) is 5. The number of nitrogens with zero attached hydrogens (tertiary/aromatic N) is 2. The van der Waals surface area contributed by atoms with E-state index in [9.17, 15) is 0 Å². The number of thioether (sulfide) groups is 1. The molecule has 0 radical (unpaired) electrons. The van der Waals surface area contributed by atoms with E-state index in [0.29, 0.717) is 16.1 Å². The van der Waals surface area contributed by atoms with Crippen LogP contribution in [0.15, 0.2) is 11.2 Å². The second-order valence-electron chi connectivity index (χ2n) is 3.63. The summed E-state index contributed by atoms with van der Waals surface area (Å²) in [7, 11) is 0. The molecule has 1 aromatic rings. The smallest absolute Gasteiger partial charge is 0.190 e. The van der Waals surface area contributed by atoms with Gasteiger partial charge in [0.25, 0.3) is 0 Å². The van der Waals surface area contributed by atoms with Crippen LogP contribution >= 0.6 is 23.4 Å². The number of aliphatic hydroxyl groups is 1. The summed E-state index contributed by atoms with van der Waals surface area (Å²) in [6, 6.07) is 1.68. The van der Waals surface area contributed by atoms with Crippen LogP contribution in [0, 0.1) is 0 Å². The van der Waals surface area contributed by atoms with Gasteiger partial charge in [-0.1, -0.05) is 23.4 Å². The molecule has 0 spiro atoms. The van der Waals surface area contributed by atoms with Crippen molar-refractivity contribution in [2.45, 2.75) is 23.5 Å². The molecule has 1 aliphatic rings. The first kappa shape index (κ1) is 11.0. The average Bonchev–Trinajstić information content (AvgIpc) is 2.97. The highest BCUT2D eigenvalue weighted by atomic mass is 35.5. The minimum atomic E-state index is -0.173. The zero-order chi connectivity index (χ0) is 10.9. The zero-order valence-electron chi connectivity index (χ0n) is 8.33. The third kappa shape index (κ3) is 2.53. The summed E-state index contributed by atoms with van der Waals surface area (Å²) >= 11 is 7.30. The summed E-state index contributed by atoms with van der Waals surface area (Å²) in [5.41, 5.74) is -0.173. The fourth-order valence-corrected chi connectivity index (χ4v) is 1.91. The lowest BCUT2D eigenvalue weighted by Crippen LogP contribution is -2.26. The minimum absolute atomic E-state index is 0.128. The quantitative estimate of drug-likeness (QED) is 0.481. The summed E-state index contributed by atoms with van der Waals surface area (Å²) in [6.45, 7) is 0.128. The molecule has 1 saturated carbocycles. The van der Waals surface area contributed by atoms with E-state index in [-0.39, 0.29) is 12.1 Å². The average molecular weight is 246 g/mol. The van der Waals surface area contributed by atoms with Crippen molar-refractivity contribution in [2.24, 2.45) is 0 Å². The van der Waals surface area contributed by atoms with E-state index in [1.807, 2.05) is 6.26 Å². The van der Waals surface area contributed by atoms with Gasteiger partial charge < -0.3 is 10.4 Å². The number of halogens is 1. The number of anilines is 1. The third-order valence-corrected chi connectivity index (χ3v) is 3.15. The number of rotatable bonds is 4. The Morgan fingerprint density at radius 3 is 2.87 bits per heavy atom. The summed E-state index contributed by atoms with van der Waals surface area (Å²) in [5.74, 6) is 0.686. The van der Waals surface area contributed by atoms with Crippen molar-refractivity contribution in [3.05, 3.63) is 11.2 Å². The molecule has 0 aliphatic heterocycles. The Morgan fingerprint density at radius 2 is 2.33 bits per heavy atom. The van der Waals surface area contributed by atoms with Gasteiger partial charge in [-0.25, -0.2) is 9.97 Å². The van der Waals surface area contributed by atoms with Crippen molar-refractivity contribution < 1.29 is 5.11 Å². The maximum absolute atomic E-state index is 9.17. The van der Waals surface area contributed by atoms with E-state index in [4.69, 9.17) is 16.7 Å². The Hall–Kier alpha value is -0.520. The molecule has 1 aliphatic carbocycles. The molecule has 1 fully saturated rings. The van der Waals surface area contributed by atoms with Gasteiger partial charge in [-0.15, -0.1) is 0 Å². The van der Waals surface area contributed by atoms with E-state index < -0.39 is 0 Å². The van der Waals surface area contributed by atoms with Crippen molar-refractivity contribution in [1.82, 2.24) is 9.97 Å². The molecular weight excluding hydrogens is 234 g/mol. The van der Waals surface area contributed by atoms with Gasteiger partial charge in [0.05, 0.1) is 12.1 Å². The van der Waals surface area contributed by atoms with E-state index >= 15 is 0 Å². The van der Waals surface area contributed by atoms with Crippen LogP contribution in [-0.2, 0) is 0 Å². The maximum Gasteiger partial charge on any atom is 0.190 e. The summed E-state index contributed by atoms with van der Waals surface area (Å²) in [5, 5.41) is 13.4. The highest BCUT2D eigenvalue weighted by Gasteiger charge is 2.42. The summed E-state index contributed by atoms with van der Waals surface area (Å²) < 4.78 is 0. The molecule has 2 rings (SSSR count). The second-order valence-corrected chi connectivity index (χ2v) is 4.79. The lowest BCUT2D eigenvalue weighted by Gasteiger charge is -2.15. The highest BCUT2D eigenvalue weighted by molar-refractivity contribution is 7.98. The Kier molecular flexibility index (Phi) is 3.04. The number of aliphatic hydroxyl groups excluding tert-OH is 1. The fraction of sp³-hybridized carbons (Fsp3) is 0.556. The van der Waals surface area contributed by atoms with Crippen molar-refractivity contribution >= 4 is 29.2 Å². The molecule has 4 nitrogen and oxygen atoms in total. The first-order valence-electron chi connectivity index (χ1n) is 4.65. The molecular formula is C9H12ClN3OS. The molecule has 0 unspecified atom stereocenters. The van der Waals surface area contributed by atoms with Gasteiger partial charge in [0.15, 0.2) is 5.16 Å². The lowest BCUT2D eigenvalue weighted by atomic mass is 10.3. The highest BCUT2D eigenvalue weighted by Crippen LogP contribution is 2.38. The largest absolute Gasteiger partial charge is 0.394 e. The van der Waals surface area contributed by atoms with Gasteiger partial charge in [-0.05, 0) is 19.1 Å². The number of hydrogen-bond donors (Lipinski definition) is 2. The molecule has 0 atom stereocenters. The molecule has 0 saturated heterocycles. The van der Waals surface area contributed by atoms with E-state index in [2.05, 4.69) is 15.3 Å². The normalized spacial score (nSPS) is 17.5. The topological polar surface area (TPSA) is 58.0 Å². The van der Waals surface area contributed by atoms with Crippen molar-refractivity contribution in [1.29, 1.82) is 0 Å². The van der Waals surface area contributed by atoms with E-state index in [1.165, 1.54) is 11.8 Å². The third-order valence-electron chi connectivity index (χ3n) is 2.41. The van der Waals surface area contributed by atoms with Crippen LogP contribution in [0.2, 0.25) is 5.15 Å². The molecule has 82 valence electrons. The monoisotopic (exact) mass is 245 g/mol. The van der Waals surface area contributed by atoms with Gasteiger partial charge in [0, 0.05) is 6.07 Å². The molecule has 0 aromatic carbocycles. The lowest BCUT2D eigenvalue weighted by molar-refractivity contribution is 0.266. The van der Waals surface area contributed by atoms with Crippen LogP contribution in [0.5, 0.6) is 0 Å². The molecule has 1 aromatic heterocycles. The Labute approximate surface area is 97.5 Å². The van der Waals surface area contributed by atoms with Crippen LogP contribution in [0.4, 0.5) is 5.82 Å². The van der Waals surface area contributed by atoms with Gasteiger partial charge in [-0.3, -0.25) is 0 Å². The van der Waals surface area contributed by atoms with Gasteiger partial charge in [0.2, 0.25) is 0 Å². The van der Waals surface area contributed by atoms with Crippen LogP contribution < -0.4 is 5.32 Å². The van der Waals surface area contributed by atoms with Crippen molar-refractivity contribution in [3.63, 3.8) is 0 Å². The standard InChI is InChI=1S/C9H12ClN3OS/c1-15-8-11-6(10)4-7(12-8)13-9(5-14)2-3-9/h4,14H,2-3,5H2,1H3,(H,11,12,13). The van der Waals surface area contributed by atoms with Crippen LogP contribution in [0.1, 0.15) is 12.8 Å². The Bertz CT molecular complexity index is 370. The SMILES string of the molecule is CSc1nc(Cl)cc(NC2(CO)CC2)n1. The van der Waals surface area contributed by atoms with Gasteiger partial charge >= 0.3 is 0 Å². The fourth-order valence-electron chi connectivity index (χ4n) is 1.30. The van der Waals surface area contributed by atoms with Crippen molar-refractivity contribution in [2.75, 3.05) is 18.2 Å². The maximum atomic E-state index is 9.17. The van der Waals surface area contributed by atoms with Gasteiger partial charge in [0.1, 0.15) is 11.0 Å². The molecule has 1 heterocycles. The molecule has 2 N–H and O–H groups in total. The van der Waals surface area contributed by atoms with E-state index in [1.54, 1.807) is 6.07 Å². The van der Waals surface area contributed by atoms with Crippen molar-refractivity contribution in [3.8, 4) is 0 Å². The molecule has 0 amide bonds. The second kappa shape index (κ2) is 4.15. The Morgan fingerprint density at radius 1 is 1.60 bits per heavy atom. The summed E-state index contributed by atoms with van der Waals surface area (Å²) in [4.78, 5) is 8.31. The zero-order valence-corrected chi connectivity index (χ0v) is 9.90. The van der Waals surface area contributed by atoms with Crippen LogP contribution in [0.25, 0.3) is 0 Å². The first-order valence-corrected chi connectivity index (χ1v) is 6.25.